The van der Waals surface area contributed by atoms with E-state index in [1.54, 1.807) is 24.3 Å². The van der Waals surface area contributed by atoms with Crippen molar-refractivity contribution in [2.45, 2.75) is 51.1 Å². The van der Waals surface area contributed by atoms with Crippen LogP contribution < -0.4 is 20.1 Å². The lowest BCUT2D eigenvalue weighted by molar-refractivity contribution is 0.312. The highest BCUT2D eigenvalue weighted by atomic mass is 28.4. The molecule has 4 aromatic carbocycles. The third-order valence-electron chi connectivity index (χ3n) is 6.96. The Kier molecular flexibility index (Phi) is 11.2. The van der Waals surface area contributed by atoms with Crippen LogP contribution in [0.1, 0.15) is 12.8 Å². The molecule has 0 radical (unpaired) electrons. The largest absolute Gasteiger partial charge is 0.508 e. The summed E-state index contributed by atoms with van der Waals surface area (Å²) < 4.78 is 18.8. The topological polar surface area (TPSA) is 92.2 Å². The molecule has 4 rings (SSSR count). The van der Waals surface area contributed by atoms with E-state index in [-0.39, 0.29) is 11.5 Å². The fraction of sp³-hybridized carbons (Fsp3) is 0.294. The zero-order valence-electron chi connectivity index (χ0n) is 25.6. The van der Waals surface area contributed by atoms with Crippen LogP contribution in [0.3, 0.4) is 0 Å². The lowest BCUT2D eigenvalue weighted by atomic mass is 10.2. The molecule has 0 aromatic heterocycles. The molecule has 0 aliphatic heterocycles. The number of ether oxygens (including phenoxy) is 2. The molecule has 0 bridgehead atoms. The van der Waals surface area contributed by atoms with Crippen molar-refractivity contribution in [2.24, 2.45) is 0 Å². The first-order valence-electron chi connectivity index (χ1n) is 14.8. The van der Waals surface area contributed by atoms with E-state index in [1.807, 2.05) is 72.8 Å². The summed E-state index contributed by atoms with van der Waals surface area (Å²) in [4.78, 5) is 0. The molecule has 0 aliphatic rings. The van der Waals surface area contributed by atoms with Crippen molar-refractivity contribution < 1.29 is 23.8 Å². The molecule has 0 atom stereocenters. The number of aromatic hydroxyl groups is 2. The van der Waals surface area contributed by atoms with E-state index in [0.29, 0.717) is 13.2 Å². The maximum Gasteiger partial charge on any atom is 0.173 e. The predicted octanol–water partition coefficient (Wildman–Crippen LogP) is 9.25. The number of hydrogen-bond donors (Lipinski definition) is 4. The lowest BCUT2D eigenvalue weighted by Gasteiger charge is -2.34. The first kappa shape index (κ1) is 32.0. The molecular formula is C34H44N2O5Si2. The monoisotopic (exact) mass is 616 g/mol. The van der Waals surface area contributed by atoms with Crippen LogP contribution in [0.15, 0.2) is 97.1 Å². The number of phenolic OH excluding ortho intramolecular Hbond substituents is 2. The number of hydrogen-bond acceptors (Lipinski definition) is 7. The van der Waals surface area contributed by atoms with E-state index in [9.17, 15) is 10.2 Å². The number of rotatable bonds is 16. The third-order valence-corrected chi connectivity index (χ3v) is 14.5. The average molecular weight is 617 g/mol. The van der Waals surface area contributed by atoms with Crippen molar-refractivity contribution in [2.75, 3.05) is 23.8 Å². The summed E-state index contributed by atoms with van der Waals surface area (Å²) in [5.41, 5.74) is 3.78. The van der Waals surface area contributed by atoms with Gasteiger partial charge in [0.1, 0.15) is 23.0 Å². The summed E-state index contributed by atoms with van der Waals surface area (Å²) in [6, 6.07) is 32.0. The van der Waals surface area contributed by atoms with Gasteiger partial charge in [-0.05, 0) is 148 Å². The summed E-state index contributed by atoms with van der Waals surface area (Å²) in [6.45, 7) is 10.6. The Bertz CT molecular complexity index is 1290. The molecule has 0 heterocycles. The minimum Gasteiger partial charge on any atom is -0.508 e. The lowest BCUT2D eigenvalue weighted by Crippen LogP contribution is -2.44. The van der Waals surface area contributed by atoms with Crippen molar-refractivity contribution in [3.05, 3.63) is 97.1 Å². The number of nitrogens with one attached hydrogen (secondary N) is 2. The summed E-state index contributed by atoms with van der Waals surface area (Å²) in [5, 5.41) is 25.5. The smallest absolute Gasteiger partial charge is 0.173 e. The Morgan fingerprint density at radius 2 is 0.791 bits per heavy atom. The molecule has 0 aliphatic carbocycles. The van der Waals surface area contributed by atoms with Gasteiger partial charge in [0.15, 0.2) is 16.6 Å². The van der Waals surface area contributed by atoms with Crippen LogP contribution in [0.2, 0.25) is 38.3 Å². The van der Waals surface area contributed by atoms with Crippen LogP contribution in [-0.4, -0.2) is 40.1 Å². The Balaban J connectivity index is 1.11. The first-order valence-corrected chi connectivity index (χ1v) is 21.1. The number of benzene rings is 4. The summed E-state index contributed by atoms with van der Waals surface area (Å²) in [5.74, 6) is 2.22. The average Bonchev–Trinajstić information content (AvgIpc) is 2.97. The normalized spacial score (nSPS) is 11.6. The molecule has 0 amide bonds. The van der Waals surface area contributed by atoms with Gasteiger partial charge in [-0.15, -0.1) is 0 Å². The van der Waals surface area contributed by atoms with Gasteiger partial charge in [-0.2, -0.15) is 0 Å². The molecule has 43 heavy (non-hydrogen) atoms. The van der Waals surface area contributed by atoms with Crippen LogP contribution in [-0.2, 0) is 4.12 Å². The zero-order chi connectivity index (χ0) is 30.7. The SMILES string of the molecule is C[Si](C)(CCCOc1ccc(Nc2ccc(O)cc2)cc1)O[Si](C)(C)CCCOc1ccc(Nc2ccc(O)cc2)cc1. The summed E-state index contributed by atoms with van der Waals surface area (Å²) >= 11 is 0. The van der Waals surface area contributed by atoms with E-state index < -0.39 is 16.6 Å². The minimum atomic E-state index is -1.81. The zero-order valence-corrected chi connectivity index (χ0v) is 27.6. The quantitative estimate of drug-likeness (QED) is 0.0566. The molecule has 0 fully saturated rings. The van der Waals surface area contributed by atoms with Gasteiger partial charge in [0.25, 0.3) is 0 Å². The third kappa shape index (κ3) is 11.3. The van der Waals surface area contributed by atoms with Crippen molar-refractivity contribution in [3.63, 3.8) is 0 Å². The molecule has 0 unspecified atom stereocenters. The fourth-order valence-electron chi connectivity index (χ4n) is 4.92. The minimum absolute atomic E-state index is 0.252. The molecule has 0 saturated heterocycles. The molecular weight excluding hydrogens is 573 g/mol. The van der Waals surface area contributed by atoms with Gasteiger partial charge < -0.3 is 34.4 Å². The van der Waals surface area contributed by atoms with E-state index >= 15 is 0 Å². The Morgan fingerprint density at radius 3 is 1.12 bits per heavy atom. The molecule has 228 valence electrons. The molecule has 0 saturated carbocycles. The van der Waals surface area contributed by atoms with Crippen LogP contribution in [0.4, 0.5) is 22.7 Å². The maximum atomic E-state index is 9.43. The van der Waals surface area contributed by atoms with E-state index in [4.69, 9.17) is 13.6 Å². The van der Waals surface area contributed by atoms with E-state index in [2.05, 4.69) is 36.8 Å². The van der Waals surface area contributed by atoms with Crippen molar-refractivity contribution in [1.82, 2.24) is 0 Å². The Hall–Kier alpha value is -3.93. The van der Waals surface area contributed by atoms with Crippen molar-refractivity contribution >= 4 is 39.4 Å². The van der Waals surface area contributed by atoms with Gasteiger partial charge in [0.2, 0.25) is 0 Å². The number of anilines is 4. The number of phenols is 2. The van der Waals surface area contributed by atoms with Crippen LogP contribution in [0, 0.1) is 0 Å². The van der Waals surface area contributed by atoms with Crippen LogP contribution in [0.25, 0.3) is 0 Å². The second-order valence-electron chi connectivity index (χ2n) is 11.9. The standard InChI is InChI=1S/C34H44N2O5Si2/c1-42(2,25-5-23-39-33-19-11-29(12-20-33)35-27-7-15-31(37)16-8-27)41-43(3,4)26-6-24-40-34-21-13-30(14-22-34)36-28-9-17-32(38)18-10-28/h7-22,35-38H,5-6,23-26H2,1-4H3. The highest BCUT2D eigenvalue weighted by Crippen LogP contribution is 2.26. The van der Waals surface area contributed by atoms with E-state index in [1.165, 1.54) is 0 Å². The van der Waals surface area contributed by atoms with Gasteiger partial charge in [0.05, 0.1) is 13.2 Å². The molecule has 9 heteroatoms. The van der Waals surface area contributed by atoms with E-state index in [0.717, 1.165) is 59.2 Å². The summed E-state index contributed by atoms with van der Waals surface area (Å²) in [6.07, 6.45) is 1.94. The second-order valence-corrected chi connectivity index (χ2v) is 20.8. The second kappa shape index (κ2) is 15.0. The Labute approximate surface area is 257 Å². The van der Waals surface area contributed by atoms with Gasteiger partial charge in [-0.1, -0.05) is 0 Å². The van der Waals surface area contributed by atoms with Crippen molar-refractivity contribution in [3.8, 4) is 23.0 Å². The molecule has 4 aromatic rings. The van der Waals surface area contributed by atoms with Crippen LogP contribution >= 0.6 is 0 Å². The molecule has 7 nitrogen and oxygen atoms in total. The summed E-state index contributed by atoms with van der Waals surface area (Å²) in [7, 11) is -3.61. The van der Waals surface area contributed by atoms with Crippen LogP contribution in [0.5, 0.6) is 23.0 Å². The highest BCUT2D eigenvalue weighted by Gasteiger charge is 2.32. The highest BCUT2D eigenvalue weighted by molar-refractivity contribution is 6.84. The fourth-order valence-corrected chi connectivity index (χ4v) is 13.7. The van der Waals surface area contributed by atoms with Crippen molar-refractivity contribution in [1.29, 1.82) is 0 Å². The maximum absolute atomic E-state index is 9.43. The van der Waals surface area contributed by atoms with Gasteiger partial charge >= 0.3 is 0 Å². The molecule has 0 spiro atoms. The Morgan fingerprint density at radius 1 is 0.488 bits per heavy atom. The van der Waals surface area contributed by atoms with Gasteiger partial charge in [0, 0.05) is 22.7 Å². The van der Waals surface area contributed by atoms with Gasteiger partial charge in [-0.25, -0.2) is 0 Å². The predicted molar refractivity (Wildman–Crippen MR) is 182 cm³/mol. The van der Waals surface area contributed by atoms with Gasteiger partial charge in [-0.3, -0.25) is 0 Å². The molecule has 4 N–H and O–H groups in total. The first-order chi connectivity index (χ1) is 20.6.